The van der Waals surface area contributed by atoms with E-state index in [1.165, 1.54) is 64.2 Å². The van der Waals surface area contributed by atoms with E-state index in [2.05, 4.69) is 13.8 Å². The molecule has 0 aliphatic carbocycles. The van der Waals surface area contributed by atoms with Crippen LogP contribution in [0.15, 0.2) is 12.2 Å². The largest absolute Gasteiger partial charge is 1.00 e. The summed E-state index contributed by atoms with van der Waals surface area (Å²) in [6.07, 6.45) is 19.1. The Morgan fingerprint density at radius 3 is 1.15 bits per heavy atom. The van der Waals surface area contributed by atoms with Crippen LogP contribution in [-0.2, 0) is 17.1 Å². The summed E-state index contributed by atoms with van der Waals surface area (Å²) in [6.45, 7) is 14.9. The zero-order valence-corrected chi connectivity index (χ0v) is 15.0. The van der Waals surface area contributed by atoms with Crippen molar-refractivity contribution in [2.24, 2.45) is 0 Å². The van der Waals surface area contributed by atoms with Crippen LogP contribution in [0.3, 0.4) is 0 Å². The molecule has 0 aromatic carbocycles. The van der Waals surface area contributed by atoms with Crippen LogP contribution in [-0.4, -0.2) is 0 Å². The molecule has 0 aliphatic rings. The van der Waals surface area contributed by atoms with Gasteiger partial charge >= 0.3 is 35.9 Å². The maximum atomic E-state index is 5.22. The zero-order chi connectivity index (χ0) is 13.9. The molecular formula is C18H34CuLi. The minimum absolute atomic E-state index is 0. The van der Waals surface area contributed by atoms with Crippen LogP contribution in [0.4, 0.5) is 0 Å². The molecule has 0 amide bonds. The van der Waals surface area contributed by atoms with Crippen LogP contribution in [0, 0.1) is 13.2 Å². The first-order chi connectivity index (χ1) is 8.83. The van der Waals surface area contributed by atoms with Crippen molar-refractivity contribution in [2.45, 2.75) is 90.9 Å². The van der Waals surface area contributed by atoms with Gasteiger partial charge in [-0.05, 0) is 0 Å². The van der Waals surface area contributed by atoms with Gasteiger partial charge in [-0.15, -0.1) is 0 Å². The van der Waals surface area contributed by atoms with Crippen LogP contribution >= 0.6 is 0 Å². The van der Waals surface area contributed by atoms with Gasteiger partial charge in [-0.3, -0.25) is 12.2 Å². The number of allylic oxidation sites excluding steroid dienone is 2. The van der Waals surface area contributed by atoms with E-state index in [9.17, 15) is 0 Å². The Morgan fingerprint density at radius 1 is 0.600 bits per heavy atom. The van der Waals surface area contributed by atoms with Crippen molar-refractivity contribution in [3.8, 4) is 0 Å². The maximum Gasteiger partial charge on any atom is 1.00 e. The molecule has 0 aromatic heterocycles. The molecule has 0 atom stereocenters. The van der Waals surface area contributed by atoms with Gasteiger partial charge in [0.15, 0.2) is 0 Å². The fraction of sp³-hybridized carbons (Fsp3) is 0.778. The summed E-state index contributed by atoms with van der Waals surface area (Å²) in [5.41, 5.74) is 0. The molecule has 0 saturated carbocycles. The van der Waals surface area contributed by atoms with Crippen molar-refractivity contribution in [1.82, 2.24) is 0 Å². The second kappa shape index (κ2) is 31.8. The summed E-state index contributed by atoms with van der Waals surface area (Å²) >= 11 is 0. The van der Waals surface area contributed by atoms with Crippen molar-refractivity contribution in [2.75, 3.05) is 0 Å². The van der Waals surface area contributed by atoms with Gasteiger partial charge < -0.3 is 13.2 Å². The van der Waals surface area contributed by atoms with Gasteiger partial charge in [-0.25, -0.2) is 0 Å². The average molecular weight is 321 g/mol. The smallest absolute Gasteiger partial charge is 0.518 e. The van der Waals surface area contributed by atoms with Gasteiger partial charge in [-0.1, -0.05) is 90.9 Å². The van der Waals surface area contributed by atoms with Crippen molar-refractivity contribution in [1.29, 1.82) is 0 Å². The third-order valence-corrected chi connectivity index (χ3v) is 2.95. The summed E-state index contributed by atoms with van der Waals surface area (Å²) in [6, 6.07) is 0. The number of hydrogen-bond acceptors (Lipinski definition) is 0. The Morgan fingerprint density at radius 2 is 0.900 bits per heavy atom. The SMILES string of the molecule is [CH-]=CCCCCCCC.[CH-]=CCCCCCCC.[Cu+].[Li+]. The predicted molar refractivity (Wildman–Crippen MR) is 84.5 cm³/mol. The van der Waals surface area contributed by atoms with Crippen molar-refractivity contribution < 1.29 is 35.9 Å². The molecule has 0 bridgehead atoms. The molecule has 0 aliphatic heterocycles. The Bertz CT molecular complexity index is 139. The van der Waals surface area contributed by atoms with E-state index < -0.39 is 0 Å². The van der Waals surface area contributed by atoms with Crippen LogP contribution in [0.5, 0.6) is 0 Å². The van der Waals surface area contributed by atoms with Gasteiger partial charge in [0.1, 0.15) is 0 Å². The summed E-state index contributed by atoms with van der Waals surface area (Å²) in [5.74, 6) is 0. The molecule has 0 spiro atoms. The molecule has 0 nitrogen and oxygen atoms in total. The van der Waals surface area contributed by atoms with E-state index in [-0.39, 0.29) is 35.9 Å². The Balaban J connectivity index is -0.000000116. The van der Waals surface area contributed by atoms with Crippen LogP contribution < -0.4 is 18.9 Å². The molecule has 20 heavy (non-hydrogen) atoms. The van der Waals surface area contributed by atoms with E-state index in [0.29, 0.717) is 0 Å². The van der Waals surface area contributed by atoms with Gasteiger partial charge in [0.2, 0.25) is 0 Å². The van der Waals surface area contributed by atoms with Crippen LogP contribution in [0.2, 0.25) is 0 Å². The molecule has 2 heteroatoms. The molecule has 0 aromatic rings. The monoisotopic (exact) mass is 320 g/mol. The van der Waals surface area contributed by atoms with E-state index in [1.54, 1.807) is 12.2 Å². The van der Waals surface area contributed by atoms with E-state index in [1.807, 2.05) is 0 Å². The Labute approximate surface area is 151 Å². The van der Waals surface area contributed by atoms with E-state index >= 15 is 0 Å². The molecular weight excluding hydrogens is 287 g/mol. The maximum absolute atomic E-state index is 5.22. The summed E-state index contributed by atoms with van der Waals surface area (Å²) in [4.78, 5) is 0. The first kappa shape index (κ1) is 28.7. The van der Waals surface area contributed by atoms with Crippen LogP contribution in [0.1, 0.15) is 90.9 Å². The van der Waals surface area contributed by atoms with Gasteiger partial charge in [0.25, 0.3) is 0 Å². The second-order valence-electron chi connectivity index (χ2n) is 4.88. The standard InChI is InChI=1S/2C9H17.Cu.Li/c2*1-3-5-7-9-8-6-4-2;;/h2*1,3H,4-9H2,2H3;;/q2*-1;2*+1. The molecule has 0 N–H and O–H groups in total. The first-order valence-electron chi connectivity index (χ1n) is 7.90. The predicted octanol–water partition coefficient (Wildman–Crippen LogP) is 3.67. The second-order valence-corrected chi connectivity index (χ2v) is 4.88. The molecule has 118 valence electrons. The molecule has 0 unspecified atom stereocenters. The average Bonchev–Trinajstić information content (AvgIpc) is 2.39. The molecule has 0 radical (unpaired) electrons. The quantitative estimate of drug-likeness (QED) is 0.292. The molecule has 0 heterocycles. The number of hydrogen-bond donors (Lipinski definition) is 0. The third kappa shape index (κ3) is 36.3. The number of unbranched alkanes of at least 4 members (excludes halogenated alkanes) is 10. The topological polar surface area (TPSA) is 0 Å². The zero-order valence-electron chi connectivity index (χ0n) is 14.1. The van der Waals surface area contributed by atoms with Crippen molar-refractivity contribution >= 4 is 0 Å². The Hall–Kier alpha value is 0.597. The fourth-order valence-corrected chi connectivity index (χ4v) is 1.73. The minimum atomic E-state index is 0. The molecule has 0 fully saturated rings. The van der Waals surface area contributed by atoms with Crippen molar-refractivity contribution in [3.05, 3.63) is 25.3 Å². The van der Waals surface area contributed by atoms with Gasteiger partial charge in [0.05, 0.1) is 0 Å². The van der Waals surface area contributed by atoms with Gasteiger partial charge in [0, 0.05) is 0 Å². The number of rotatable bonds is 12. The van der Waals surface area contributed by atoms with Crippen molar-refractivity contribution in [3.63, 3.8) is 0 Å². The Kier molecular flexibility index (Phi) is 45.7. The first-order valence-corrected chi connectivity index (χ1v) is 7.90. The summed E-state index contributed by atoms with van der Waals surface area (Å²) < 4.78 is 0. The van der Waals surface area contributed by atoms with Crippen LogP contribution in [0.25, 0.3) is 0 Å². The van der Waals surface area contributed by atoms with E-state index in [4.69, 9.17) is 13.2 Å². The fourth-order valence-electron chi connectivity index (χ4n) is 1.73. The minimum Gasteiger partial charge on any atom is -0.518 e. The molecule has 0 saturated heterocycles. The summed E-state index contributed by atoms with van der Waals surface area (Å²) in [5, 5.41) is 0. The summed E-state index contributed by atoms with van der Waals surface area (Å²) in [7, 11) is 0. The third-order valence-electron chi connectivity index (χ3n) is 2.95. The van der Waals surface area contributed by atoms with Gasteiger partial charge in [-0.2, -0.15) is 0 Å². The normalized spacial score (nSPS) is 8.50. The molecule has 0 rings (SSSR count). The van der Waals surface area contributed by atoms with E-state index in [0.717, 1.165) is 12.8 Å².